The number of hydrogen-bond acceptors (Lipinski definition) is 4. The highest BCUT2D eigenvalue weighted by Gasteiger charge is 2.36. The zero-order valence-corrected chi connectivity index (χ0v) is 18.6. The largest absolute Gasteiger partial charge is 0.508 e. The number of esters is 1. The van der Waals surface area contributed by atoms with E-state index in [9.17, 15) is 14.7 Å². The summed E-state index contributed by atoms with van der Waals surface area (Å²) in [6.45, 7) is 3.88. The molecule has 4 nitrogen and oxygen atoms in total. The van der Waals surface area contributed by atoms with Crippen molar-refractivity contribution in [1.82, 2.24) is 0 Å². The second kappa shape index (κ2) is 8.99. The SMILES string of the molecule is Cc1cc(C2(c3ccc(OC(=O)c4cccc(C=O)c4)c(C)c3)CCCCC2)ccc1O. The molecule has 1 aliphatic carbocycles. The van der Waals surface area contributed by atoms with Crippen molar-refractivity contribution in [3.05, 3.63) is 94.0 Å². The molecule has 1 fully saturated rings. The van der Waals surface area contributed by atoms with Crippen molar-refractivity contribution in [2.24, 2.45) is 0 Å². The molecule has 32 heavy (non-hydrogen) atoms. The quantitative estimate of drug-likeness (QED) is 0.295. The third-order valence-corrected chi connectivity index (χ3v) is 6.65. The summed E-state index contributed by atoms with van der Waals surface area (Å²) < 4.78 is 5.66. The van der Waals surface area contributed by atoms with Crippen LogP contribution in [0.1, 0.15) is 75.1 Å². The molecule has 0 unspecified atom stereocenters. The summed E-state index contributed by atoms with van der Waals surface area (Å²) in [4.78, 5) is 23.6. The number of aromatic hydroxyl groups is 1. The number of aldehydes is 1. The van der Waals surface area contributed by atoms with Crippen molar-refractivity contribution in [1.29, 1.82) is 0 Å². The Morgan fingerprint density at radius 2 is 1.59 bits per heavy atom. The molecule has 0 heterocycles. The minimum absolute atomic E-state index is 0.109. The third-order valence-electron chi connectivity index (χ3n) is 6.65. The fraction of sp³-hybridized carbons (Fsp3) is 0.286. The minimum atomic E-state index is -0.480. The van der Waals surface area contributed by atoms with Crippen molar-refractivity contribution >= 4 is 12.3 Å². The number of hydrogen-bond donors (Lipinski definition) is 1. The molecule has 3 aromatic carbocycles. The minimum Gasteiger partial charge on any atom is -0.508 e. The Morgan fingerprint density at radius 1 is 0.906 bits per heavy atom. The Hall–Kier alpha value is -3.40. The van der Waals surface area contributed by atoms with Gasteiger partial charge in [0.2, 0.25) is 0 Å². The Labute approximate surface area is 188 Å². The van der Waals surface area contributed by atoms with Crippen LogP contribution in [0.4, 0.5) is 0 Å². The van der Waals surface area contributed by atoms with E-state index in [1.165, 1.54) is 23.6 Å². The highest BCUT2D eigenvalue weighted by molar-refractivity contribution is 5.93. The maximum Gasteiger partial charge on any atom is 0.343 e. The first kappa shape index (κ1) is 21.8. The molecule has 0 amide bonds. The normalized spacial score (nSPS) is 15.2. The molecular formula is C28H28O4. The van der Waals surface area contributed by atoms with Crippen molar-refractivity contribution in [2.45, 2.75) is 51.4 Å². The number of ether oxygens (including phenoxy) is 1. The Balaban J connectivity index is 1.66. The fourth-order valence-electron chi connectivity index (χ4n) is 4.81. The molecule has 0 bridgehead atoms. The van der Waals surface area contributed by atoms with E-state index in [0.29, 0.717) is 28.9 Å². The molecule has 4 heteroatoms. The van der Waals surface area contributed by atoms with Crippen LogP contribution < -0.4 is 4.74 Å². The lowest BCUT2D eigenvalue weighted by atomic mass is 9.65. The highest BCUT2D eigenvalue weighted by atomic mass is 16.5. The predicted molar refractivity (Wildman–Crippen MR) is 125 cm³/mol. The molecule has 0 aromatic heterocycles. The lowest BCUT2D eigenvalue weighted by molar-refractivity contribution is 0.0733. The number of benzene rings is 3. The van der Waals surface area contributed by atoms with Gasteiger partial charge in [-0.15, -0.1) is 0 Å². The molecule has 0 radical (unpaired) electrons. The van der Waals surface area contributed by atoms with E-state index in [-0.39, 0.29) is 5.41 Å². The van der Waals surface area contributed by atoms with E-state index in [1.54, 1.807) is 24.3 Å². The molecule has 1 N–H and O–H groups in total. The van der Waals surface area contributed by atoms with Gasteiger partial charge in [-0.05, 0) is 73.2 Å². The van der Waals surface area contributed by atoms with E-state index >= 15 is 0 Å². The lowest BCUT2D eigenvalue weighted by Gasteiger charge is -2.39. The summed E-state index contributed by atoms with van der Waals surface area (Å²) in [7, 11) is 0. The Bertz CT molecular complexity index is 1160. The molecule has 164 valence electrons. The van der Waals surface area contributed by atoms with Crippen molar-refractivity contribution < 1.29 is 19.4 Å². The van der Waals surface area contributed by atoms with Crippen LogP contribution in [0.3, 0.4) is 0 Å². The van der Waals surface area contributed by atoms with Crippen molar-refractivity contribution in [3.63, 3.8) is 0 Å². The first-order valence-electron chi connectivity index (χ1n) is 11.1. The third kappa shape index (κ3) is 4.18. The van der Waals surface area contributed by atoms with Gasteiger partial charge in [-0.3, -0.25) is 4.79 Å². The predicted octanol–water partition coefficient (Wildman–Crippen LogP) is 6.29. The van der Waals surface area contributed by atoms with E-state index < -0.39 is 5.97 Å². The van der Waals surface area contributed by atoms with Crippen LogP contribution in [0.2, 0.25) is 0 Å². The summed E-state index contributed by atoms with van der Waals surface area (Å²) in [5, 5.41) is 10.0. The van der Waals surface area contributed by atoms with Gasteiger partial charge in [-0.2, -0.15) is 0 Å². The van der Waals surface area contributed by atoms with Crippen LogP contribution >= 0.6 is 0 Å². The van der Waals surface area contributed by atoms with E-state index in [1.807, 2.05) is 26.0 Å². The summed E-state index contributed by atoms with van der Waals surface area (Å²) >= 11 is 0. The van der Waals surface area contributed by atoms with Crippen LogP contribution in [-0.2, 0) is 5.41 Å². The lowest BCUT2D eigenvalue weighted by Crippen LogP contribution is -2.30. The highest BCUT2D eigenvalue weighted by Crippen LogP contribution is 2.46. The molecule has 0 aliphatic heterocycles. The van der Waals surface area contributed by atoms with Crippen molar-refractivity contribution in [2.75, 3.05) is 0 Å². The second-order valence-corrected chi connectivity index (χ2v) is 8.76. The number of aryl methyl sites for hydroxylation is 2. The molecule has 0 atom stereocenters. The van der Waals surface area contributed by atoms with E-state index in [2.05, 4.69) is 18.2 Å². The smallest absolute Gasteiger partial charge is 0.343 e. The maximum atomic E-state index is 12.6. The number of carbonyl (C=O) groups is 2. The van der Waals surface area contributed by atoms with Crippen molar-refractivity contribution in [3.8, 4) is 11.5 Å². The molecule has 1 aliphatic rings. The Morgan fingerprint density at radius 3 is 2.25 bits per heavy atom. The van der Waals surface area contributed by atoms with Gasteiger partial charge in [-0.25, -0.2) is 4.79 Å². The monoisotopic (exact) mass is 428 g/mol. The summed E-state index contributed by atoms with van der Waals surface area (Å²) in [5.74, 6) is 0.353. The average Bonchev–Trinajstić information content (AvgIpc) is 2.82. The van der Waals surface area contributed by atoms with Gasteiger partial charge in [0.15, 0.2) is 0 Å². The van der Waals surface area contributed by atoms with Gasteiger partial charge in [0.25, 0.3) is 0 Å². The molecule has 1 saturated carbocycles. The van der Waals surface area contributed by atoms with Crippen LogP contribution in [0.15, 0.2) is 60.7 Å². The first-order chi connectivity index (χ1) is 15.4. The standard InChI is InChI=1S/C28H28O4/c1-19-15-23(9-11-25(19)30)28(13-4-3-5-14-28)24-10-12-26(20(2)16-24)32-27(31)22-8-6-7-21(17-22)18-29/h6-12,15-18,30H,3-5,13-14H2,1-2H3. The zero-order valence-electron chi connectivity index (χ0n) is 18.6. The Kier molecular flexibility index (Phi) is 6.13. The van der Waals surface area contributed by atoms with Gasteiger partial charge in [0, 0.05) is 11.0 Å². The number of phenols is 1. The number of rotatable bonds is 5. The topological polar surface area (TPSA) is 63.6 Å². The molecular weight excluding hydrogens is 400 g/mol. The average molecular weight is 429 g/mol. The maximum absolute atomic E-state index is 12.6. The van der Waals surface area contributed by atoms with Gasteiger partial charge in [-0.1, -0.05) is 55.7 Å². The second-order valence-electron chi connectivity index (χ2n) is 8.76. The van der Waals surface area contributed by atoms with Crippen LogP contribution in [0, 0.1) is 13.8 Å². The summed E-state index contributed by atoms with van der Waals surface area (Å²) in [6, 6.07) is 18.5. The van der Waals surface area contributed by atoms with Gasteiger partial charge < -0.3 is 9.84 Å². The first-order valence-corrected chi connectivity index (χ1v) is 11.1. The van der Waals surface area contributed by atoms with E-state index in [4.69, 9.17) is 4.74 Å². The molecule has 0 spiro atoms. The molecule has 0 saturated heterocycles. The summed E-state index contributed by atoms with van der Waals surface area (Å²) in [5.41, 5.74) is 4.89. The van der Waals surface area contributed by atoms with Crippen LogP contribution in [-0.4, -0.2) is 17.4 Å². The van der Waals surface area contributed by atoms with Gasteiger partial charge >= 0.3 is 5.97 Å². The number of carbonyl (C=O) groups excluding carboxylic acids is 2. The number of phenolic OH excluding ortho intramolecular Hbond substituents is 1. The van der Waals surface area contributed by atoms with Crippen LogP contribution in [0.5, 0.6) is 11.5 Å². The van der Waals surface area contributed by atoms with Gasteiger partial charge in [0.1, 0.15) is 17.8 Å². The summed E-state index contributed by atoms with van der Waals surface area (Å²) in [6.07, 6.45) is 6.35. The van der Waals surface area contributed by atoms with Gasteiger partial charge in [0.05, 0.1) is 5.56 Å². The van der Waals surface area contributed by atoms with E-state index in [0.717, 1.165) is 36.8 Å². The molecule has 4 rings (SSSR count). The molecule has 3 aromatic rings. The van der Waals surface area contributed by atoms with Crippen LogP contribution in [0.25, 0.3) is 0 Å². The fourth-order valence-corrected chi connectivity index (χ4v) is 4.81. The zero-order chi connectivity index (χ0) is 22.7.